The van der Waals surface area contributed by atoms with Crippen molar-refractivity contribution in [3.8, 4) is 5.88 Å². The highest BCUT2D eigenvalue weighted by atomic mass is 35.5. The van der Waals surface area contributed by atoms with Gasteiger partial charge in [-0.1, -0.05) is 6.92 Å². The minimum atomic E-state index is 0.354. The Kier molecular flexibility index (Phi) is 4.07. The fraction of sp³-hybridized carbons (Fsp3) is 0.538. The molecule has 2 aromatic heterocycles. The summed E-state index contributed by atoms with van der Waals surface area (Å²) >= 11 is 5.84. The summed E-state index contributed by atoms with van der Waals surface area (Å²) in [6.07, 6.45) is 1.78. The Hall–Kier alpha value is -1.29. The molecule has 0 aliphatic carbocycles. The largest absolute Gasteiger partial charge is 0.481 e. The molecule has 0 N–H and O–H groups in total. The van der Waals surface area contributed by atoms with Crippen molar-refractivity contribution in [3.63, 3.8) is 0 Å². The number of fused-ring (bicyclic) bond motifs is 1. The lowest BCUT2D eigenvalue weighted by Crippen LogP contribution is -2.10. The Morgan fingerprint density at radius 2 is 2.17 bits per heavy atom. The maximum atomic E-state index is 5.84. The van der Waals surface area contributed by atoms with E-state index in [1.165, 1.54) is 0 Å². The molecule has 0 spiro atoms. The third kappa shape index (κ3) is 2.29. The van der Waals surface area contributed by atoms with Crippen LogP contribution in [0.3, 0.4) is 0 Å². The van der Waals surface area contributed by atoms with Crippen molar-refractivity contribution >= 4 is 22.8 Å². The van der Waals surface area contributed by atoms with Crippen LogP contribution in [-0.2, 0) is 6.42 Å². The molecule has 0 saturated carbocycles. The summed E-state index contributed by atoms with van der Waals surface area (Å²) in [4.78, 5) is 9.11. The second kappa shape index (κ2) is 5.57. The molecule has 0 amide bonds. The van der Waals surface area contributed by atoms with Crippen LogP contribution in [0.25, 0.3) is 11.2 Å². The predicted octanol–water partition coefficient (Wildman–Crippen LogP) is 3.19. The van der Waals surface area contributed by atoms with E-state index in [-0.39, 0.29) is 0 Å². The molecular formula is C13H18ClN3O. The molecule has 0 bridgehead atoms. The number of pyridine rings is 1. The van der Waals surface area contributed by atoms with Gasteiger partial charge in [0, 0.05) is 24.4 Å². The van der Waals surface area contributed by atoms with Gasteiger partial charge in [0.1, 0.15) is 11.3 Å². The van der Waals surface area contributed by atoms with Gasteiger partial charge >= 0.3 is 0 Å². The molecule has 0 saturated heterocycles. The fourth-order valence-corrected chi connectivity index (χ4v) is 2.19. The van der Waals surface area contributed by atoms with Gasteiger partial charge in [-0.2, -0.15) is 4.98 Å². The summed E-state index contributed by atoms with van der Waals surface area (Å²) in [5.74, 6) is 2.18. The molecule has 0 aromatic carbocycles. The summed E-state index contributed by atoms with van der Waals surface area (Å²) in [6.45, 7) is 4.32. The standard InChI is InChI=1S/C13H18ClN3O/c1-4-9(2)17-11(7-8-14)15-10-5-6-12(18-3)16-13(10)17/h5-6,9H,4,7-8H2,1-3H3. The van der Waals surface area contributed by atoms with E-state index in [0.717, 1.165) is 29.8 Å². The van der Waals surface area contributed by atoms with E-state index in [9.17, 15) is 0 Å². The Bertz CT molecular complexity index is 538. The molecule has 2 aromatic rings. The van der Waals surface area contributed by atoms with Crippen molar-refractivity contribution in [1.82, 2.24) is 14.5 Å². The smallest absolute Gasteiger partial charge is 0.215 e. The van der Waals surface area contributed by atoms with E-state index in [1.54, 1.807) is 7.11 Å². The van der Waals surface area contributed by atoms with Gasteiger partial charge in [-0.25, -0.2) is 4.98 Å². The Balaban J connectivity index is 2.62. The molecule has 0 fully saturated rings. The molecule has 2 heterocycles. The minimum Gasteiger partial charge on any atom is -0.481 e. The van der Waals surface area contributed by atoms with E-state index >= 15 is 0 Å². The number of imidazole rings is 1. The highest BCUT2D eigenvalue weighted by molar-refractivity contribution is 6.17. The van der Waals surface area contributed by atoms with Crippen molar-refractivity contribution in [2.75, 3.05) is 13.0 Å². The lowest BCUT2D eigenvalue weighted by Gasteiger charge is -2.14. The fourth-order valence-electron chi connectivity index (χ4n) is 2.02. The number of halogens is 1. The highest BCUT2D eigenvalue weighted by Crippen LogP contribution is 2.24. The summed E-state index contributed by atoms with van der Waals surface area (Å²) in [6, 6.07) is 4.13. The van der Waals surface area contributed by atoms with Crippen molar-refractivity contribution < 1.29 is 4.74 Å². The highest BCUT2D eigenvalue weighted by Gasteiger charge is 2.16. The maximum absolute atomic E-state index is 5.84. The van der Waals surface area contributed by atoms with Crippen LogP contribution in [0.5, 0.6) is 5.88 Å². The van der Waals surface area contributed by atoms with Crippen LogP contribution < -0.4 is 4.74 Å². The molecular weight excluding hydrogens is 250 g/mol. The van der Waals surface area contributed by atoms with E-state index < -0.39 is 0 Å². The number of aromatic nitrogens is 3. The first-order valence-electron chi connectivity index (χ1n) is 6.19. The normalized spacial score (nSPS) is 12.9. The average Bonchev–Trinajstić information content (AvgIpc) is 2.75. The SMILES string of the molecule is CCC(C)n1c(CCCl)nc2ccc(OC)nc21. The summed E-state index contributed by atoms with van der Waals surface area (Å²) < 4.78 is 7.35. The van der Waals surface area contributed by atoms with Gasteiger partial charge in [-0.05, 0) is 19.4 Å². The molecule has 2 rings (SSSR count). The van der Waals surface area contributed by atoms with Gasteiger partial charge in [-0.3, -0.25) is 0 Å². The first-order valence-corrected chi connectivity index (χ1v) is 6.72. The topological polar surface area (TPSA) is 39.9 Å². The first-order chi connectivity index (χ1) is 8.71. The zero-order valence-corrected chi connectivity index (χ0v) is 11.7. The number of ether oxygens (including phenoxy) is 1. The van der Waals surface area contributed by atoms with Gasteiger partial charge < -0.3 is 9.30 Å². The quantitative estimate of drug-likeness (QED) is 0.781. The van der Waals surface area contributed by atoms with Gasteiger partial charge in [-0.15, -0.1) is 11.6 Å². The zero-order chi connectivity index (χ0) is 13.1. The lowest BCUT2D eigenvalue weighted by atomic mass is 10.2. The van der Waals surface area contributed by atoms with E-state index in [1.807, 2.05) is 12.1 Å². The molecule has 98 valence electrons. The van der Waals surface area contributed by atoms with Crippen LogP contribution in [0, 0.1) is 0 Å². The predicted molar refractivity (Wildman–Crippen MR) is 73.5 cm³/mol. The van der Waals surface area contributed by atoms with E-state index in [0.29, 0.717) is 17.8 Å². The minimum absolute atomic E-state index is 0.354. The van der Waals surface area contributed by atoms with Crippen molar-refractivity contribution in [2.24, 2.45) is 0 Å². The van der Waals surface area contributed by atoms with Gasteiger partial charge in [0.2, 0.25) is 5.88 Å². The summed E-state index contributed by atoms with van der Waals surface area (Å²) in [7, 11) is 1.62. The Morgan fingerprint density at radius 1 is 1.39 bits per heavy atom. The molecule has 0 aliphatic rings. The summed E-state index contributed by atoms with van der Waals surface area (Å²) in [5.41, 5.74) is 1.78. The van der Waals surface area contributed by atoms with E-state index in [2.05, 4.69) is 28.4 Å². The van der Waals surface area contributed by atoms with Crippen molar-refractivity contribution in [1.29, 1.82) is 0 Å². The van der Waals surface area contributed by atoms with Crippen molar-refractivity contribution in [2.45, 2.75) is 32.7 Å². The van der Waals surface area contributed by atoms with Crippen molar-refractivity contribution in [3.05, 3.63) is 18.0 Å². The van der Waals surface area contributed by atoms with Crippen LogP contribution in [0.15, 0.2) is 12.1 Å². The van der Waals surface area contributed by atoms with E-state index in [4.69, 9.17) is 16.3 Å². The third-order valence-corrected chi connectivity index (χ3v) is 3.33. The first kappa shape index (κ1) is 13.1. The monoisotopic (exact) mass is 267 g/mol. The van der Waals surface area contributed by atoms with Crippen LogP contribution in [0.1, 0.15) is 32.1 Å². The average molecular weight is 268 g/mol. The van der Waals surface area contributed by atoms with Crippen LogP contribution >= 0.6 is 11.6 Å². The molecule has 0 radical (unpaired) electrons. The second-order valence-corrected chi connectivity index (χ2v) is 4.67. The molecule has 1 atom stereocenters. The second-order valence-electron chi connectivity index (χ2n) is 4.29. The number of methoxy groups -OCH3 is 1. The number of nitrogens with zero attached hydrogens (tertiary/aromatic N) is 3. The zero-order valence-electron chi connectivity index (χ0n) is 11.0. The van der Waals surface area contributed by atoms with Gasteiger partial charge in [0.25, 0.3) is 0 Å². The number of hydrogen-bond donors (Lipinski definition) is 0. The Labute approximate surface area is 112 Å². The third-order valence-electron chi connectivity index (χ3n) is 3.14. The number of rotatable bonds is 5. The van der Waals surface area contributed by atoms with Crippen LogP contribution in [0.2, 0.25) is 0 Å². The maximum Gasteiger partial charge on any atom is 0.215 e. The molecule has 4 nitrogen and oxygen atoms in total. The molecule has 1 unspecified atom stereocenters. The molecule has 18 heavy (non-hydrogen) atoms. The number of alkyl halides is 1. The molecule has 0 aliphatic heterocycles. The van der Waals surface area contributed by atoms with Crippen LogP contribution in [-0.4, -0.2) is 27.5 Å². The van der Waals surface area contributed by atoms with Crippen LogP contribution in [0.4, 0.5) is 0 Å². The molecule has 5 heteroatoms. The van der Waals surface area contributed by atoms with Gasteiger partial charge in [0.15, 0.2) is 5.65 Å². The Morgan fingerprint density at radius 3 is 2.78 bits per heavy atom. The number of hydrogen-bond acceptors (Lipinski definition) is 3. The van der Waals surface area contributed by atoms with Gasteiger partial charge in [0.05, 0.1) is 7.11 Å². The number of aryl methyl sites for hydroxylation is 1. The summed E-state index contributed by atoms with van der Waals surface area (Å²) in [5, 5.41) is 0. The lowest BCUT2D eigenvalue weighted by molar-refractivity contribution is 0.398.